The van der Waals surface area contributed by atoms with Gasteiger partial charge in [-0.05, 0) is 17.9 Å². The zero-order chi connectivity index (χ0) is 18.8. The number of amides is 2. The van der Waals surface area contributed by atoms with Crippen molar-refractivity contribution < 1.29 is 14.7 Å². The molecule has 1 aromatic carbocycles. The van der Waals surface area contributed by atoms with Crippen LogP contribution in [0.3, 0.4) is 0 Å². The summed E-state index contributed by atoms with van der Waals surface area (Å²) in [5, 5.41) is 14.4. The van der Waals surface area contributed by atoms with Crippen molar-refractivity contribution in [3.05, 3.63) is 35.9 Å². The van der Waals surface area contributed by atoms with Crippen molar-refractivity contribution in [1.82, 2.24) is 10.6 Å². The largest absolute Gasteiger partial charge is 0.395 e. The van der Waals surface area contributed by atoms with Crippen LogP contribution in [-0.2, 0) is 16.0 Å². The van der Waals surface area contributed by atoms with Crippen LogP contribution in [0.15, 0.2) is 30.3 Å². The maximum atomic E-state index is 12.5. The third-order valence-electron chi connectivity index (χ3n) is 4.98. The Labute approximate surface area is 155 Å². The van der Waals surface area contributed by atoms with Crippen molar-refractivity contribution in [3.63, 3.8) is 0 Å². The van der Waals surface area contributed by atoms with E-state index in [1.807, 2.05) is 30.3 Å². The SMILES string of the molecule is N[C@@H](CC1CCCCC1)C(=O)N[C@@H](Cc1ccccc1)C(=O)NCCO. The van der Waals surface area contributed by atoms with E-state index in [0.29, 0.717) is 18.8 Å². The molecule has 26 heavy (non-hydrogen) atoms. The number of aliphatic hydroxyl groups excluding tert-OH is 1. The second-order valence-electron chi connectivity index (χ2n) is 7.11. The third-order valence-corrected chi connectivity index (χ3v) is 4.98. The van der Waals surface area contributed by atoms with Crippen LogP contribution in [0.4, 0.5) is 0 Å². The number of hydrogen-bond donors (Lipinski definition) is 4. The van der Waals surface area contributed by atoms with E-state index in [-0.39, 0.29) is 25.0 Å². The highest BCUT2D eigenvalue weighted by Crippen LogP contribution is 2.27. The molecule has 0 unspecified atom stereocenters. The standard InChI is InChI=1S/C20H31N3O3/c21-17(13-15-7-3-1-4-8-15)19(25)23-18(20(26)22-11-12-24)14-16-9-5-2-6-10-16/h2,5-6,9-10,15,17-18,24H,1,3-4,7-8,11-14,21H2,(H,22,26)(H,23,25)/t17-,18-/m0/s1. The highest BCUT2D eigenvalue weighted by atomic mass is 16.3. The van der Waals surface area contributed by atoms with Gasteiger partial charge in [0, 0.05) is 13.0 Å². The molecule has 5 N–H and O–H groups in total. The van der Waals surface area contributed by atoms with Crippen LogP contribution in [0, 0.1) is 5.92 Å². The summed E-state index contributed by atoms with van der Waals surface area (Å²) in [6, 6.07) is 8.24. The molecule has 0 spiro atoms. The van der Waals surface area contributed by atoms with Gasteiger partial charge in [-0.15, -0.1) is 0 Å². The maximum Gasteiger partial charge on any atom is 0.243 e. The average molecular weight is 361 g/mol. The minimum absolute atomic E-state index is 0.140. The van der Waals surface area contributed by atoms with Gasteiger partial charge in [0.15, 0.2) is 0 Å². The van der Waals surface area contributed by atoms with Crippen LogP contribution in [0.5, 0.6) is 0 Å². The van der Waals surface area contributed by atoms with Crippen LogP contribution in [0.25, 0.3) is 0 Å². The summed E-state index contributed by atoms with van der Waals surface area (Å²) in [7, 11) is 0. The molecule has 1 aliphatic rings. The Balaban J connectivity index is 1.94. The minimum Gasteiger partial charge on any atom is -0.395 e. The smallest absolute Gasteiger partial charge is 0.243 e. The number of benzene rings is 1. The topological polar surface area (TPSA) is 104 Å². The van der Waals surface area contributed by atoms with E-state index in [1.165, 1.54) is 19.3 Å². The molecule has 6 nitrogen and oxygen atoms in total. The molecule has 1 aliphatic carbocycles. The fourth-order valence-corrected chi connectivity index (χ4v) is 3.53. The highest BCUT2D eigenvalue weighted by molar-refractivity contribution is 5.89. The number of carbonyl (C=O) groups excluding carboxylic acids is 2. The highest BCUT2D eigenvalue weighted by Gasteiger charge is 2.26. The second-order valence-corrected chi connectivity index (χ2v) is 7.11. The van der Waals surface area contributed by atoms with Gasteiger partial charge in [0.2, 0.25) is 11.8 Å². The first-order chi connectivity index (χ1) is 12.6. The molecule has 0 saturated heterocycles. The third kappa shape index (κ3) is 6.77. The van der Waals surface area contributed by atoms with E-state index in [4.69, 9.17) is 10.8 Å². The lowest BCUT2D eigenvalue weighted by atomic mass is 9.85. The Hall–Kier alpha value is -1.92. The van der Waals surface area contributed by atoms with Crippen molar-refractivity contribution in [1.29, 1.82) is 0 Å². The summed E-state index contributed by atoms with van der Waals surface area (Å²) in [5.41, 5.74) is 7.06. The number of aliphatic hydroxyl groups is 1. The maximum absolute atomic E-state index is 12.5. The van der Waals surface area contributed by atoms with Gasteiger partial charge in [-0.1, -0.05) is 62.4 Å². The van der Waals surface area contributed by atoms with E-state index in [1.54, 1.807) is 0 Å². The van der Waals surface area contributed by atoms with Crippen LogP contribution in [-0.4, -0.2) is 42.2 Å². The molecule has 2 rings (SSSR count). The van der Waals surface area contributed by atoms with Gasteiger partial charge >= 0.3 is 0 Å². The Morgan fingerprint density at radius 1 is 1.12 bits per heavy atom. The average Bonchev–Trinajstić information content (AvgIpc) is 2.67. The molecule has 6 heteroatoms. The molecule has 2 atom stereocenters. The quantitative estimate of drug-likeness (QED) is 0.529. The Morgan fingerprint density at radius 3 is 2.46 bits per heavy atom. The first-order valence-corrected chi connectivity index (χ1v) is 9.58. The Morgan fingerprint density at radius 2 is 1.81 bits per heavy atom. The zero-order valence-electron chi connectivity index (χ0n) is 15.3. The summed E-state index contributed by atoms with van der Waals surface area (Å²) in [4.78, 5) is 24.9. The van der Waals surface area contributed by atoms with E-state index in [2.05, 4.69) is 10.6 Å². The molecule has 0 heterocycles. The molecule has 1 saturated carbocycles. The summed E-state index contributed by atoms with van der Waals surface area (Å²) in [6.07, 6.45) is 7.00. The molecule has 0 radical (unpaired) electrons. The molecular formula is C20H31N3O3. The van der Waals surface area contributed by atoms with Gasteiger partial charge in [-0.2, -0.15) is 0 Å². The molecule has 0 aromatic heterocycles. The van der Waals surface area contributed by atoms with Crippen molar-refractivity contribution in [2.45, 2.75) is 57.0 Å². The monoisotopic (exact) mass is 361 g/mol. The van der Waals surface area contributed by atoms with Crippen LogP contribution < -0.4 is 16.4 Å². The van der Waals surface area contributed by atoms with E-state index >= 15 is 0 Å². The lowest BCUT2D eigenvalue weighted by molar-refractivity contribution is -0.129. The number of rotatable bonds is 9. The van der Waals surface area contributed by atoms with Crippen molar-refractivity contribution in [3.8, 4) is 0 Å². The van der Waals surface area contributed by atoms with Crippen LogP contribution in [0.1, 0.15) is 44.1 Å². The minimum atomic E-state index is -0.700. The summed E-state index contributed by atoms with van der Waals surface area (Å²) < 4.78 is 0. The van der Waals surface area contributed by atoms with Crippen molar-refractivity contribution in [2.75, 3.05) is 13.2 Å². The number of carbonyl (C=O) groups is 2. The lowest BCUT2D eigenvalue weighted by Gasteiger charge is -2.25. The second kappa shape index (κ2) is 10.9. The summed E-state index contributed by atoms with van der Waals surface area (Å²) >= 11 is 0. The summed E-state index contributed by atoms with van der Waals surface area (Å²) in [5.74, 6) is -0.0861. The van der Waals surface area contributed by atoms with Gasteiger partial charge in [0.1, 0.15) is 6.04 Å². The molecular weight excluding hydrogens is 330 g/mol. The first kappa shape index (κ1) is 20.4. The number of nitrogens with two attached hydrogens (primary N) is 1. The van der Waals surface area contributed by atoms with E-state index < -0.39 is 12.1 Å². The Bertz CT molecular complexity index is 559. The number of nitrogens with one attached hydrogen (secondary N) is 2. The van der Waals surface area contributed by atoms with Crippen molar-refractivity contribution >= 4 is 11.8 Å². The van der Waals surface area contributed by atoms with Crippen LogP contribution in [0.2, 0.25) is 0 Å². The zero-order valence-corrected chi connectivity index (χ0v) is 15.3. The van der Waals surface area contributed by atoms with Crippen LogP contribution >= 0.6 is 0 Å². The van der Waals surface area contributed by atoms with E-state index in [0.717, 1.165) is 18.4 Å². The molecule has 144 valence electrons. The number of hydrogen-bond acceptors (Lipinski definition) is 4. The molecule has 1 aromatic rings. The van der Waals surface area contributed by atoms with Gasteiger partial charge < -0.3 is 21.5 Å². The normalized spacial score (nSPS) is 17.3. The lowest BCUT2D eigenvalue weighted by Crippen LogP contribution is -2.53. The molecule has 1 fully saturated rings. The first-order valence-electron chi connectivity index (χ1n) is 9.58. The molecule has 0 aliphatic heterocycles. The van der Waals surface area contributed by atoms with E-state index in [9.17, 15) is 9.59 Å². The van der Waals surface area contributed by atoms with Crippen molar-refractivity contribution in [2.24, 2.45) is 11.7 Å². The predicted molar refractivity (Wildman–Crippen MR) is 101 cm³/mol. The predicted octanol–water partition coefficient (Wildman–Crippen LogP) is 1.12. The Kier molecular flexibility index (Phi) is 8.58. The molecule has 2 amide bonds. The fourth-order valence-electron chi connectivity index (χ4n) is 3.53. The van der Waals surface area contributed by atoms with Gasteiger partial charge in [-0.25, -0.2) is 0 Å². The van der Waals surface area contributed by atoms with Gasteiger partial charge in [0.05, 0.1) is 12.6 Å². The fraction of sp³-hybridized carbons (Fsp3) is 0.600. The van der Waals surface area contributed by atoms with Gasteiger partial charge in [-0.3, -0.25) is 9.59 Å². The van der Waals surface area contributed by atoms with Gasteiger partial charge in [0.25, 0.3) is 0 Å². The molecule has 0 bridgehead atoms. The summed E-state index contributed by atoms with van der Waals surface area (Å²) in [6.45, 7) is 0.0209.